The Labute approximate surface area is 163 Å². The van der Waals surface area contributed by atoms with Gasteiger partial charge in [0.05, 0.1) is 7.11 Å². The number of methoxy groups -OCH3 is 1. The average Bonchev–Trinajstić information content (AvgIpc) is 3.18. The average molecular weight is 383 g/mol. The van der Waals surface area contributed by atoms with Crippen molar-refractivity contribution in [1.29, 1.82) is 0 Å². The molecule has 1 aliphatic heterocycles. The predicted molar refractivity (Wildman–Crippen MR) is 109 cm³/mol. The molecule has 0 radical (unpaired) electrons. The Morgan fingerprint density at radius 1 is 1.43 bits per heavy atom. The van der Waals surface area contributed by atoms with E-state index in [2.05, 4.69) is 20.6 Å². The maximum Gasteiger partial charge on any atom is 0.271 e. The lowest BCUT2D eigenvalue weighted by Crippen LogP contribution is -2.31. The fourth-order valence-electron chi connectivity index (χ4n) is 3.14. The van der Waals surface area contributed by atoms with Crippen molar-refractivity contribution < 1.29 is 9.53 Å². The maximum atomic E-state index is 12.2. The second-order valence-electron chi connectivity index (χ2n) is 6.59. The van der Waals surface area contributed by atoms with Gasteiger partial charge in [-0.2, -0.15) is 0 Å². The third-order valence-corrected chi connectivity index (χ3v) is 4.62. The molecule has 1 atom stereocenters. The van der Waals surface area contributed by atoms with Gasteiger partial charge in [0.25, 0.3) is 5.56 Å². The van der Waals surface area contributed by atoms with E-state index in [4.69, 9.17) is 4.74 Å². The van der Waals surface area contributed by atoms with Crippen molar-refractivity contribution in [3.63, 3.8) is 0 Å². The summed E-state index contributed by atoms with van der Waals surface area (Å²) in [4.78, 5) is 33.1. The molecule has 1 amide bonds. The van der Waals surface area contributed by atoms with Gasteiger partial charge in [-0.25, -0.2) is 4.98 Å². The molecule has 0 aromatic carbocycles. The molecule has 0 aliphatic carbocycles. The minimum Gasteiger partial charge on any atom is -0.481 e. The fourth-order valence-corrected chi connectivity index (χ4v) is 3.14. The topological polar surface area (TPSA) is 99.3 Å². The van der Waals surface area contributed by atoms with Gasteiger partial charge in [0.1, 0.15) is 5.69 Å². The summed E-state index contributed by atoms with van der Waals surface area (Å²) in [6, 6.07) is 5.51. The normalized spacial score (nSPS) is 16.5. The zero-order valence-corrected chi connectivity index (χ0v) is 16.1. The number of likely N-dealkylation sites (tertiary alicyclic amines) is 1. The number of aromatic nitrogens is 2. The first kappa shape index (κ1) is 19.6. The molecule has 1 fully saturated rings. The van der Waals surface area contributed by atoms with Crippen LogP contribution in [0.2, 0.25) is 0 Å². The van der Waals surface area contributed by atoms with Gasteiger partial charge < -0.3 is 25.3 Å². The van der Waals surface area contributed by atoms with Crippen molar-refractivity contribution >= 4 is 11.6 Å². The highest BCUT2D eigenvalue weighted by molar-refractivity contribution is 5.87. The lowest BCUT2D eigenvalue weighted by atomic mass is 10.1. The standard InChI is InChI=1S/C20H25N5O3/c1-21-7-3-4-19(26)25-9-6-16(13-25)24-17-10-15(12-23-20(17)27)14-5-8-22-18(11-14)28-2/h3-5,8,10-12,16,21,24H,6-7,9,13H2,1-2H3,(H,23,27)/t16-/m1/s1. The van der Waals surface area contributed by atoms with Crippen LogP contribution in [0, 0.1) is 0 Å². The van der Waals surface area contributed by atoms with Crippen molar-refractivity contribution in [1.82, 2.24) is 20.2 Å². The minimum absolute atomic E-state index is 0.00825. The first-order chi connectivity index (χ1) is 13.6. The molecular formula is C20H25N5O3. The molecule has 0 saturated carbocycles. The number of rotatable bonds is 7. The Morgan fingerprint density at radius 2 is 2.29 bits per heavy atom. The SMILES string of the molecule is CNCC=CC(=O)N1CC[C@@H](Nc2cc(-c3ccnc(OC)c3)c[nH]c2=O)C1. The molecule has 28 heavy (non-hydrogen) atoms. The van der Waals surface area contributed by atoms with Gasteiger partial charge in [-0.05, 0) is 31.2 Å². The van der Waals surface area contributed by atoms with Crippen LogP contribution < -0.4 is 20.9 Å². The summed E-state index contributed by atoms with van der Waals surface area (Å²) in [7, 11) is 3.39. The van der Waals surface area contributed by atoms with Crippen LogP contribution in [0.1, 0.15) is 6.42 Å². The van der Waals surface area contributed by atoms with Gasteiger partial charge in [-0.1, -0.05) is 6.08 Å². The number of anilines is 1. The number of carbonyl (C=O) groups is 1. The van der Waals surface area contributed by atoms with Gasteiger partial charge in [-0.15, -0.1) is 0 Å². The van der Waals surface area contributed by atoms with E-state index in [1.54, 1.807) is 36.6 Å². The van der Waals surface area contributed by atoms with Crippen LogP contribution in [0.3, 0.4) is 0 Å². The van der Waals surface area contributed by atoms with Crippen LogP contribution in [0.15, 0.2) is 47.5 Å². The van der Waals surface area contributed by atoms with E-state index >= 15 is 0 Å². The molecule has 8 heteroatoms. The smallest absolute Gasteiger partial charge is 0.271 e. The first-order valence-electron chi connectivity index (χ1n) is 9.20. The molecule has 0 bridgehead atoms. The number of pyridine rings is 2. The molecule has 2 aromatic heterocycles. The zero-order valence-electron chi connectivity index (χ0n) is 16.1. The van der Waals surface area contributed by atoms with Crippen LogP contribution in [0.4, 0.5) is 5.69 Å². The Hall–Kier alpha value is -3.13. The van der Waals surface area contributed by atoms with Crippen LogP contribution >= 0.6 is 0 Å². The Kier molecular flexibility index (Phi) is 6.44. The van der Waals surface area contributed by atoms with Gasteiger partial charge in [0.15, 0.2) is 0 Å². The summed E-state index contributed by atoms with van der Waals surface area (Å²) in [5.74, 6) is 0.501. The Morgan fingerprint density at radius 3 is 3.07 bits per heavy atom. The van der Waals surface area contributed by atoms with E-state index in [9.17, 15) is 9.59 Å². The third kappa shape index (κ3) is 4.77. The number of nitrogens with zero attached hydrogens (tertiary/aromatic N) is 2. The lowest BCUT2D eigenvalue weighted by Gasteiger charge is -2.16. The molecule has 0 unspecified atom stereocenters. The van der Waals surface area contributed by atoms with Crippen molar-refractivity contribution in [3.05, 3.63) is 53.1 Å². The number of H-pyrrole nitrogens is 1. The highest BCUT2D eigenvalue weighted by Crippen LogP contribution is 2.23. The molecule has 1 aliphatic rings. The van der Waals surface area contributed by atoms with Gasteiger partial charge >= 0.3 is 0 Å². The first-order valence-corrected chi connectivity index (χ1v) is 9.20. The van der Waals surface area contributed by atoms with E-state index < -0.39 is 0 Å². The highest BCUT2D eigenvalue weighted by Gasteiger charge is 2.25. The van der Waals surface area contributed by atoms with Crippen molar-refractivity contribution in [2.24, 2.45) is 0 Å². The number of nitrogens with one attached hydrogen (secondary N) is 3. The molecule has 3 rings (SSSR count). The maximum absolute atomic E-state index is 12.2. The third-order valence-electron chi connectivity index (χ3n) is 4.62. The number of amides is 1. The van der Waals surface area contributed by atoms with Crippen molar-refractivity contribution in [3.8, 4) is 17.0 Å². The number of hydrogen-bond acceptors (Lipinski definition) is 6. The molecule has 3 N–H and O–H groups in total. The quantitative estimate of drug-likeness (QED) is 0.622. The van der Waals surface area contributed by atoms with Gasteiger partial charge in [0, 0.05) is 55.8 Å². The Bertz CT molecular complexity index is 909. The number of likely N-dealkylation sites (N-methyl/N-ethyl adjacent to an activating group) is 1. The number of hydrogen-bond donors (Lipinski definition) is 3. The highest BCUT2D eigenvalue weighted by atomic mass is 16.5. The largest absolute Gasteiger partial charge is 0.481 e. The molecule has 148 valence electrons. The molecule has 3 heterocycles. The van der Waals surface area contributed by atoms with Crippen molar-refractivity contribution in [2.75, 3.05) is 39.1 Å². The number of ether oxygens (including phenoxy) is 1. The van der Waals surface area contributed by atoms with Crippen LogP contribution in [-0.4, -0.2) is 60.6 Å². The molecule has 1 saturated heterocycles. The predicted octanol–water partition coefficient (Wildman–Crippen LogP) is 1.23. The summed E-state index contributed by atoms with van der Waals surface area (Å²) >= 11 is 0. The van der Waals surface area contributed by atoms with Crippen LogP contribution in [0.5, 0.6) is 5.88 Å². The summed E-state index contributed by atoms with van der Waals surface area (Å²) in [6.07, 6.45) is 7.51. The van der Waals surface area contributed by atoms with E-state index in [0.29, 0.717) is 31.2 Å². The molecule has 8 nitrogen and oxygen atoms in total. The second kappa shape index (κ2) is 9.18. The lowest BCUT2D eigenvalue weighted by molar-refractivity contribution is -0.125. The zero-order chi connectivity index (χ0) is 19.9. The van der Waals surface area contributed by atoms with Crippen LogP contribution in [0.25, 0.3) is 11.1 Å². The van der Waals surface area contributed by atoms with E-state index in [0.717, 1.165) is 17.5 Å². The molecule has 2 aromatic rings. The van der Waals surface area contributed by atoms with E-state index in [-0.39, 0.29) is 17.5 Å². The van der Waals surface area contributed by atoms with E-state index in [1.165, 1.54) is 0 Å². The number of carbonyl (C=O) groups excluding carboxylic acids is 1. The van der Waals surface area contributed by atoms with Crippen LogP contribution in [-0.2, 0) is 4.79 Å². The second-order valence-corrected chi connectivity index (χ2v) is 6.59. The molecule has 0 spiro atoms. The Balaban J connectivity index is 1.69. The van der Waals surface area contributed by atoms with Gasteiger partial charge in [0.2, 0.25) is 11.8 Å². The summed E-state index contributed by atoms with van der Waals surface area (Å²) in [6.45, 7) is 1.89. The summed E-state index contributed by atoms with van der Waals surface area (Å²) in [5.41, 5.74) is 2.04. The summed E-state index contributed by atoms with van der Waals surface area (Å²) in [5, 5.41) is 6.25. The van der Waals surface area contributed by atoms with Crippen molar-refractivity contribution in [2.45, 2.75) is 12.5 Å². The monoisotopic (exact) mass is 383 g/mol. The van der Waals surface area contributed by atoms with E-state index in [1.807, 2.05) is 25.2 Å². The molecular weight excluding hydrogens is 358 g/mol. The number of aromatic amines is 1. The summed E-state index contributed by atoms with van der Waals surface area (Å²) < 4.78 is 5.16. The minimum atomic E-state index is -0.191. The van der Waals surface area contributed by atoms with Gasteiger partial charge in [-0.3, -0.25) is 9.59 Å². The fraction of sp³-hybridized carbons (Fsp3) is 0.350.